The first kappa shape index (κ1) is 11.7. The molecule has 0 heterocycles. The van der Waals surface area contributed by atoms with Crippen molar-refractivity contribution in [1.29, 1.82) is 0 Å². The summed E-state index contributed by atoms with van der Waals surface area (Å²) in [6.07, 6.45) is 1.77. The zero-order chi connectivity index (χ0) is 11.1. The Labute approximate surface area is 90.1 Å². The summed E-state index contributed by atoms with van der Waals surface area (Å²) >= 11 is 0. The Balaban J connectivity index is 2.43. The molecule has 0 saturated carbocycles. The monoisotopic (exact) mass is 207 g/mol. The summed E-state index contributed by atoms with van der Waals surface area (Å²) in [6, 6.07) is 10.3. The van der Waals surface area contributed by atoms with E-state index in [4.69, 9.17) is 5.11 Å². The van der Waals surface area contributed by atoms with Crippen LogP contribution >= 0.6 is 0 Å². The van der Waals surface area contributed by atoms with Crippen LogP contribution in [-0.4, -0.2) is 24.2 Å². The quantitative estimate of drug-likeness (QED) is 0.746. The summed E-state index contributed by atoms with van der Waals surface area (Å²) in [5.41, 5.74) is 1.24. The Hall–Kier alpha value is -1.35. The van der Waals surface area contributed by atoms with Gasteiger partial charge in [0.15, 0.2) is 0 Å². The minimum atomic E-state index is -0.733. The summed E-state index contributed by atoms with van der Waals surface area (Å²) < 4.78 is 0. The molecule has 1 aromatic carbocycles. The number of likely N-dealkylation sites (N-methyl/N-ethyl adjacent to an activating group) is 1. The van der Waals surface area contributed by atoms with Gasteiger partial charge in [0.1, 0.15) is 0 Å². The maximum atomic E-state index is 10.4. The fourth-order valence-corrected chi connectivity index (χ4v) is 1.54. The van der Waals surface area contributed by atoms with Crippen molar-refractivity contribution in [2.45, 2.75) is 25.3 Å². The molecule has 3 nitrogen and oxygen atoms in total. The fourth-order valence-electron chi connectivity index (χ4n) is 1.54. The molecule has 1 rings (SSSR count). The third-order valence-electron chi connectivity index (χ3n) is 2.44. The van der Waals surface area contributed by atoms with Gasteiger partial charge in [-0.25, -0.2) is 0 Å². The maximum Gasteiger partial charge on any atom is 0.303 e. The van der Waals surface area contributed by atoms with E-state index in [0.29, 0.717) is 6.42 Å². The number of benzene rings is 1. The maximum absolute atomic E-state index is 10.4. The van der Waals surface area contributed by atoms with E-state index in [1.54, 1.807) is 0 Å². The van der Waals surface area contributed by atoms with Crippen molar-refractivity contribution in [1.82, 2.24) is 5.32 Å². The first-order valence-corrected chi connectivity index (χ1v) is 5.15. The van der Waals surface area contributed by atoms with Gasteiger partial charge in [-0.05, 0) is 25.5 Å². The van der Waals surface area contributed by atoms with Crippen molar-refractivity contribution in [3.05, 3.63) is 35.9 Å². The third kappa shape index (κ3) is 4.61. The Kier molecular flexibility index (Phi) is 4.84. The number of carbonyl (C=O) groups is 1. The summed E-state index contributed by atoms with van der Waals surface area (Å²) in [5.74, 6) is -0.733. The molecular weight excluding hydrogens is 190 g/mol. The summed E-state index contributed by atoms with van der Waals surface area (Å²) in [4.78, 5) is 10.4. The van der Waals surface area contributed by atoms with Gasteiger partial charge in [-0.1, -0.05) is 30.3 Å². The summed E-state index contributed by atoms with van der Waals surface area (Å²) in [6.45, 7) is 0. The van der Waals surface area contributed by atoms with Gasteiger partial charge in [-0.15, -0.1) is 0 Å². The van der Waals surface area contributed by atoms with Gasteiger partial charge in [0, 0.05) is 12.5 Å². The van der Waals surface area contributed by atoms with E-state index in [2.05, 4.69) is 17.4 Å². The molecular formula is C12H17NO2. The van der Waals surface area contributed by atoms with Crippen LogP contribution in [0.5, 0.6) is 0 Å². The Morgan fingerprint density at radius 2 is 2.07 bits per heavy atom. The van der Waals surface area contributed by atoms with Gasteiger partial charge in [0.05, 0.1) is 0 Å². The van der Waals surface area contributed by atoms with Crippen LogP contribution < -0.4 is 5.32 Å². The minimum absolute atomic E-state index is 0.221. The molecule has 1 aromatic rings. The van der Waals surface area contributed by atoms with Crippen molar-refractivity contribution in [3.63, 3.8) is 0 Å². The van der Waals surface area contributed by atoms with E-state index in [0.717, 1.165) is 6.42 Å². The van der Waals surface area contributed by atoms with E-state index < -0.39 is 5.97 Å². The van der Waals surface area contributed by atoms with Gasteiger partial charge in [0.25, 0.3) is 0 Å². The van der Waals surface area contributed by atoms with Crippen LogP contribution in [0.4, 0.5) is 0 Å². The molecule has 15 heavy (non-hydrogen) atoms. The largest absolute Gasteiger partial charge is 0.481 e. The molecule has 0 amide bonds. The summed E-state index contributed by atoms with van der Waals surface area (Å²) in [7, 11) is 1.87. The second kappa shape index (κ2) is 6.19. The van der Waals surface area contributed by atoms with Crippen LogP contribution in [0.15, 0.2) is 30.3 Å². The standard InChI is InChI=1S/C12H17NO2/c1-13-11(7-8-12(14)15)9-10-5-3-2-4-6-10/h2-6,11,13H,7-9H2,1H3,(H,14,15)/t11-/m1/s1. The molecule has 0 fully saturated rings. The number of aliphatic carboxylic acids is 1. The first-order chi connectivity index (χ1) is 7.22. The van der Waals surface area contributed by atoms with Crippen LogP contribution in [0.2, 0.25) is 0 Å². The molecule has 0 bridgehead atoms. The number of hydrogen-bond donors (Lipinski definition) is 2. The average Bonchev–Trinajstić information content (AvgIpc) is 2.25. The highest BCUT2D eigenvalue weighted by atomic mass is 16.4. The van der Waals surface area contributed by atoms with E-state index >= 15 is 0 Å². The normalized spacial score (nSPS) is 12.3. The zero-order valence-electron chi connectivity index (χ0n) is 8.94. The number of hydrogen-bond acceptors (Lipinski definition) is 2. The van der Waals surface area contributed by atoms with Crippen molar-refractivity contribution in [2.75, 3.05) is 7.05 Å². The highest BCUT2D eigenvalue weighted by Crippen LogP contribution is 2.07. The van der Waals surface area contributed by atoms with Gasteiger partial charge < -0.3 is 10.4 Å². The smallest absolute Gasteiger partial charge is 0.303 e. The fraction of sp³-hybridized carbons (Fsp3) is 0.417. The lowest BCUT2D eigenvalue weighted by molar-refractivity contribution is -0.137. The zero-order valence-corrected chi connectivity index (χ0v) is 8.94. The number of nitrogens with one attached hydrogen (secondary N) is 1. The summed E-state index contributed by atoms with van der Waals surface area (Å²) in [5, 5.41) is 11.7. The van der Waals surface area contributed by atoms with Crippen LogP contribution in [0.25, 0.3) is 0 Å². The van der Waals surface area contributed by atoms with Gasteiger partial charge in [0.2, 0.25) is 0 Å². The van der Waals surface area contributed by atoms with Gasteiger partial charge in [-0.2, -0.15) is 0 Å². The van der Waals surface area contributed by atoms with Crippen LogP contribution in [-0.2, 0) is 11.2 Å². The van der Waals surface area contributed by atoms with Gasteiger partial charge >= 0.3 is 5.97 Å². The number of carboxylic acids is 1. The predicted octanol–water partition coefficient (Wildman–Crippen LogP) is 1.68. The van der Waals surface area contributed by atoms with Crippen molar-refractivity contribution in [2.24, 2.45) is 0 Å². The molecule has 0 radical (unpaired) electrons. The highest BCUT2D eigenvalue weighted by Gasteiger charge is 2.08. The molecule has 0 aliphatic rings. The topological polar surface area (TPSA) is 49.3 Å². The Morgan fingerprint density at radius 1 is 1.40 bits per heavy atom. The van der Waals surface area contributed by atoms with E-state index in [1.807, 2.05) is 25.2 Å². The van der Waals surface area contributed by atoms with Crippen molar-refractivity contribution >= 4 is 5.97 Å². The van der Waals surface area contributed by atoms with Crippen LogP contribution in [0.1, 0.15) is 18.4 Å². The predicted molar refractivity (Wildman–Crippen MR) is 59.9 cm³/mol. The molecule has 0 saturated heterocycles. The average molecular weight is 207 g/mol. The molecule has 3 heteroatoms. The highest BCUT2D eigenvalue weighted by molar-refractivity contribution is 5.66. The molecule has 0 spiro atoms. The van der Waals surface area contributed by atoms with Crippen molar-refractivity contribution in [3.8, 4) is 0 Å². The second-order valence-corrected chi connectivity index (χ2v) is 3.61. The molecule has 2 N–H and O–H groups in total. The van der Waals surface area contributed by atoms with Crippen LogP contribution in [0.3, 0.4) is 0 Å². The molecule has 0 aromatic heterocycles. The van der Waals surface area contributed by atoms with E-state index in [9.17, 15) is 4.79 Å². The van der Waals surface area contributed by atoms with E-state index in [1.165, 1.54) is 5.56 Å². The molecule has 0 unspecified atom stereocenters. The SMILES string of the molecule is CN[C@H](CCC(=O)O)Cc1ccccc1. The third-order valence-corrected chi connectivity index (χ3v) is 2.44. The lowest BCUT2D eigenvalue weighted by Gasteiger charge is -2.14. The lowest BCUT2D eigenvalue weighted by Crippen LogP contribution is -2.28. The van der Waals surface area contributed by atoms with Gasteiger partial charge in [-0.3, -0.25) is 4.79 Å². The number of carboxylic acid groups (broad SMARTS) is 1. The first-order valence-electron chi connectivity index (χ1n) is 5.15. The molecule has 0 aliphatic heterocycles. The van der Waals surface area contributed by atoms with Crippen molar-refractivity contribution < 1.29 is 9.90 Å². The Bertz CT molecular complexity index is 298. The lowest BCUT2D eigenvalue weighted by atomic mass is 10.0. The molecule has 0 aliphatic carbocycles. The minimum Gasteiger partial charge on any atom is -0.481 e. The molecule has 1 atom stereocenters. The van der Waals surface area contributed by atoms with Crippen LogP contribution in [0, 0.1) is 0 Å². The Morgan fingerprint density at radius 3 is 2.60 bits per heavy atom. The second-order valence-electron chi connectivity index (χ2n) is 3.61. The van der Waals surface area contributed by atoms with E-state index in [-0.39, 0.29) is 12.5 Å². The number of rotatable bonds is 6. The molecule has 82 valence electrons.